The molecule has 0 unspecified atom stereocenters. The normalized spacial score (nSPS) is 11.0. The number of hydrogen-bond acceptors (Lipinski definition) is 2. The lowest BCUT2D eigenvalue weighted by molar-refractivity contribution is -0.142. The molecule has 0 aliphatic rings. The highest BCUT2D eigenvalue weighted by Gasteiger charge is 2.49. The Bertz CT molecular complexity index is 793. The molecule has 0 N–H and O–H groups in total. The molecule has 0 amide bonds. The molecule has 0 fully saturated rings. The van der Waals surface area contributed by atoms with Crippen molar-refractivity contribution < 1.29 is 9.53 Å². The minimum atomic E-state index is -2.22. The van der Waals surface area contributed by atoms with Crippen LogP contribution in [-0.2, 0) is 9.53 Å². The van der Waals surface area contributed by atoms with Crippen LogP contribution in [-0.4, -0.2) is 12.6 Å². The molecule has 0 saturated carbocycles. The molecule has 0 aliphatic carbocycles. The third kappa shape index (κ3) is 3.86. The number of carbonyl (C=O) groups is 1. The zero-order chi connectivity index (χ0) is 19.1. The van der Waals surface area contributed by atoms with Gasteiger partial charge in [-0.25, -0.2) is 0 Å². The van der Waals surface area contributed by atoms with Crippen LogP contribution in [0.3, 0.4) is 0 Å². The summed E-state index contributed by atoms with van der Waals surface area (Å²) in [4.78, 5) is 12.3. The van der Waals surface area contributed by atoms with Crippen LogP contribution >= 0.6 is 7.26 Å². The number of benzene rings is 3. The standard InChI is InChI=1S/C24H24O2P/c1-3-26-24(25)19-20(2)27(21-13-7-4-8-14-21,22-15-9-5-10-16-22)23-17-11-6-12-18-23/h4-18H,2-3,19H2,1H3/q+1. The predicted molar refractivity (Wildman–Crippen MR) is 116 cm³/mol. The van der Waals surface area contributed by atoms with E-state index in [4.69, 9.17) is 4.74 Å². The van der Waals surface area contributed by atoms with E-state index in [0.717, 1.165) is 5.31 Å². The van der Waals surface area contributed by atoms with Crippen molar-refractivity contribution in [2.24, 2.45) is 0 Å². The van der Waals surface area contributed by atoms with Gasteiger partial charge in [-0.05, 0) is 43.3 Å². The molecular weight excluding hydrogens is 351 g/mol. The zero-order valence-electron chi connectivity index (χ0n) is 15.5. The van der Waals surface area contributed by atoms with Gasteiger partial charge < -0.3 is 4.74 Å². The molecule has 27 heavy (non-hydrogen) atoms. The fourth-order valence-electron chi connectivity index (χ4n) is 3.45. The number of esters is 1. The van der Waals surface area contributed by atoms with Crippen molar-refractivity contribution in [3.05, 3.63) is 103 Å². The molecule has 136 valence electrons. The molecular formula is C24H24O2P+. The van der Waals surface area contributed by atoms with Gasteiger partial charge in [0.2, 0.25) is 0 Å². The summed E-state index contributed by atoms with van der Waals surface area (Å²) in [6.07, 6.45) is 0.209. The van der Waals surface area contributed by atoms with E-state index in [1.807, 2.05) is 61.5 Å². The molecule has 0 atom stereocenters. The Labute approximate surface area is 161 Å². The van der Waals surface area contributed by atoms with Crippen molar-refractivity contribution in [1.82, 2.24) is 0 Å². The zero-order valence-corrected chi connectivity index (χ0v) is 16.4. The number of carbonyl (C=O) groups excluding carboxylic acids is 1. The molecule has 2 nitrogen and oxygen atoms in total. The molecule has 3 rings (SSSR count). The minimum Gasteiger partial charge on any atom is -0.466 e. The highest BCUT2D eigenvalue weighted by Crippen LogP contribution is 2.62. The number of ether oxygens (including phenoxy) is 1. The van der Waals surface area contributed by atoms with Crippen LogP contribution in [0.2, 0.25) is 0 Å². The highest BCUT2D eigenvalue weighted by molar-refractivity contribution is 7.99. The summed E-state index contributed by atoms with van der Waals surface area (Å²) in [5.74, 6) is -0.227. The molecule has 0 radical (unpaired) electrons. The summed E-state index contributed by atoms with van der Waals surface area (Å²) in [6.45, 7) is 6.63. The maximum atomic E-state index is 12.3. The fraction of sp³-hybridized carbons (Fsp3) is 0.125. The fourth-order valence-corrected chi connectivity index (χ4v) is 7.66. The van der Waals surface area contributed by atoms with Gasteiger partial charge in [0.25, 0.3) is 0 Å². The summed E-state index contributed by atoms with van der Waals surface area (Å²) in [5, 5.41) is 4.48. The maximum absolute atomic E-state index is 12.3. The second-order valence-corrected chi connectivity index (χ2v) is 9.75. The Kier molecular flexibility index (Phi) is 6.21. The van der Waals surface area contributed by atoms with Crippen molar-refractivity contribution >= 4 is 29.1 Å². The van der Waals surface area contributed by atoms with Crippen LogP contribution in [0.25, 0.3) is 0 Å². The second kappa shape index (κ2) is 8.79. The monoisotopic (exact) mass is 375 g/mol. The lowest BCUT2D eigenvalue weighted by atomic mass is 10.3. The predicted octanol–water partition coefficient (Wildman–Crippen LogP) is 4.45. The number of rotatable bonds is 7. The lowest BCUT2D eigenvalue weighted by Gasteiger charge is -2.28. The van der Waals surface area contributed by atoms with Gasteiger partial charge >= 0.3 is 5.97 Å². The first kappa shape index (κ1) is 19.1. The average Bonchev–Trinajstić information content (AvgIpc) is 2.71. The Balaban J connectivity index is 2.26. The quantitative estimate of drug-likeness (QED) is 0.451. The lowest BCUT2D eigenvalue weighted by Crippen LogP contribution is -2.32. The molecule has 3 heteroatoms. The third-order valence-electron chi connectivity index (χ3n) is 4.56. The van der Waals surface area contributed by atoms with Gasteiger partial charge in [0.15, 0.2) is 0 Å². The maximum Gasteiger partial charge on any atom is 0.313 e. The molecule has 0 saturated heterocycles. The van der Waals surface area contributed by atoms with Gasteiger partial charge in [-0.3, -0.25) is 4.79 Å². The SMILES string of the molecule is C=C(CC(=O)OCC)[P+](c1ccccc1)(c1ccccc1)c1ccccc1. The van der Waals surface area contributed by atoms with E-state index in [-0.39, 0.29) is 12.4 Å². The topological polar surface area (TPSA) is 26.3 Å². The molecule has 3 aromatic carbocycles. The molecule has 0 aromatic heterocycles. The van der Waals surface area contributed by atoms with E-state index in [0.29, 0.717) is 6.61 Å². The van der Waals surface area contributed by atoms with Gasteiger partial charge in [0.1, 0.15) is 29.6 Å². The number of hydrogen-bond donors (Lipinski definition) is 0. The van der Waals surface area contributed by atoms with Crippen molar-refractivity contribution in [1.29, 1.82) is 0 Å². The van der Waals surface area contributed by atoms with Crippen LogP contribution in [0, 0.1) is 0 Å². The van der Waals surface area contributed by atoms with Gasteiger partial charge in [0.05, 0.1) is 11.9 Å². The Morgan fingerprint density at radius 2 is 1.15 bits per heavy atom. The summed E-state index contributed by atoms with van der Waals surface area (Å²) >= 11 is 0. The van der Waals surface area contributed by atoms with Gasteiger partial charge in [-0.2, -0.15) is 0 Å². The van der Waals surface area contributed by atoms with Gasteiger partial charge in [-0.15, -0.1) is 0 Å². The van der Waals surface area contributed by atoms with E-state index >= 15 is 0 Å². The largest absolute Gasteiger partial charge is 0.466 e. The van der Waals surface area contributed by atoms with Crippen LogP contribution in [0.15, 0.2) is 103 Å². The highest BCUT2D eigenvalue weighted by atomic mass is 31.2. The molecule has 0 heterocycles. The van der Waals surface area contributed by atoms with Crippen LogP contribution in [0.1, 0.15) is 13.3 Å². The van der Waals surface area contributed by atoms with E-state index in [9.17, 15) is 4.79 Å². The molecule has 0 aliphatic heterocycles. The first-order valence-electron chi connectivity index (χ1n) is 9.09. The van der Waals surface area contributed by atoms with Crippen LogP contribution in [0.5, 0.6) is 0 Å². The average molecular weight is 375 g/mol. The summed E-state index contributed by atoms with van der Waals surface area (Å²) in [5.41, 5.74) is 0. The second-order valence-electron chi connectivity index (χ2n) is 6.23. The van der Waals surface area contributed by atoms with E-state index in [2.05, 4.69) is 43.0 Å². The summed E-state index contributed by atoms with van der Waals surface area (Å²) < 4.78 is 5.23. The van der Waals surface area contributed by atoms with E-state index in [1.54, 1.807) is 0 Å². The Morgan fingerprint density at radius 1 is 0.778 bits per heavy atom. The Hall–Kier alpha value is -2.70. The summed E-state index contributed by atoms with van der Waals surface area (Å²) in [7, 11) is -2.22. The summed E-state index contributed by atoms with van der Waals surface area (Å²) in [6, 6.07) is 31.2. The first-order chi connectivity index (χ1) is 13.2. The van der Waals surface area contributed by atoms with Crippen molar-refractivity contribution in [2.45, 2.75) is 13.3 Å². The molecule has 3 aromatic rings. The Morgan fingerprint density at radius 3 is 1.48 bits per heavy atom. The van der Waals surface area contributed by atoms with E-state index < -0.39 is 7.26 Å². The van der Waals surface area contributed by atoms with Crippen LogP contribution < -0.4 is 15.9 Å². The minimum absolute atomic E-state index is 0.209. The van der Waals surface area contributed by atoms with E-state index in [1.165, 1.54) is 15.9 Å². The van der Waals surface area contributed by atoms with Crippen molar-refractivity contribution in [3.8, 4) is 0 Å². The van der Waals surface area contributed by atoms with Gasteiger partial charge in [-0.1, -0.05) is 61.2 Å². The third-order valence-corrected chi connectivity index (χ3v) is 8.88. The molecule has 0 spiro atoms. The van der Waals surface area contributed by atoms with Gasteiger partial charge in [0, 0.05) is 0 Å². The smallest absolute Gasteiger partial charge is 0.313 e. The first-order valence-corrected chi connectivity index (χ1v) is 10.9. The van der Waals surface area contributed by atoms with Crippen LogP contribution in [0.4, 0.5) is 0 Å². The van der Waals surface area contributed by atoms with Crippen molar-refractivity contribution in [3.63, 3.8) is 0 Å². The molecule has 0 bridgehead atoms. The van der Waals surface area contributed by atoms with Crippen molar-refractivity contribution in [2.75, 3.05) is 6.61 Å².